The van der Waals surface area contributed by atoms with E-state index in [4.69, 9.17) is 5.73 Å². The number of anilines is 1. The van der Waals surface area contributed by atoms with E-state index in [2.05, 4.69) is 0 Å². The number of halogens is 3. The Hall–Kier alpha value is -1.81. The maximum Gasteiger partial charge on any atom is 0.501 e. The number of aliphatic hydroxyl groups is 1. The normalized spacial score (nSPS) is 22.8. The summed E-state index contributed by atoms with van der Waals surface area (Å²) in [6.07, 6.45) is -1.06. The Morgan fingerprint density at radius 3 is 2.45 bits per heavy atom. The minimum Gasteiger partial charge on any atom is -0.391 e. The molecule has 1 heterocycles. The smallest absolute Gasteiger partial charge is 0.391 e. The van der Waals surface area contributed by atoms with Crippen molar-refractivity contribution in [2.75, 3.05) is 11.4 Å². The number of hydrogen-bond donors (Lipinski definition) is 2. The van der Waals surface area contributed by atoms with Crippen molar-refractivity contribution in [3.05, 3.63) is 24.3 Å². The van der Waals surface area contributed by atoms with Gasteiger partial charge in [0.1, 0.15) is 6.04 Å². The topological polar surface area (TPSA) is 101 Å². The van der Waals surface area contributed by atoms with Gasteiger partial charge in [-0.25, -0.2) is 8.42 Å². The molecule has 1 amide bonds. The molecular formula is C12H13F3N2O4S. The maximum atomic E-state index is 12.8. The summed E-state index contributed by atoms with van der Waals surface area (Å²) in [5.41, 5.74) is -0.605. The highest BCUT2D eigenvalue weighted by Gasteiger charge is 2.49. The summed E-state index contributed by atoms with van der Waals surface area (Å²) in [6.45, 7) is -0.183. The summed E-state index contributed by atoms with van der Waals surface area (Å²) in [5, 5.41) is 9.61. The van der Waals surface area contributed by atoms with Crippen LogP contribution >= 0.6 is 0 Å². The first-order chi connectivity index (χ1) is 10.1. The zero-order valence-electron chi connectivity index (χ0n) is 11.1. The molecule has 0 bridgehead atoms. The van der Waals surface area contributed by atoms with Gasteiger partial charge in [0.2, 0.25) is 5.91 Å². The van der Waals surface area contributed by atoms with E-state index in [0.29, 0.717) is 0 Å². The van der Waals surface area contributed by atoms with Crippen molar-refractivity contribution in [1.29, 1.82) is 0 Å². The molecular weight excluding hydrogens is 325 g/mol. The summed E-state index contributed by atoms with van der Waals surface area (Å²) in [5.74, 6) is -0.851. The van der Waals surface area contributed by atoms with Crippen molar-refractivity contribution in [1.82, 2.24) is 0 Å². The first kappa shape index (κ1) is 16.6. The van der Waals surface area contributed by atoms with E-state index < -0.39 is 38.3 Å². The van der Waals surface area contributed by atoms with Gasteiger partial charge in [-0.1, -0.05) is 12.1 Å². The monoisotopic (exact) mass is 338 g/mol. The number of rotatable bonds is 3. The lowest BCUT2D eigenvalue weighted by Crippen LogP contribution is -2.41. The van der Waals surface area contributed by atoms with Gasteiger partial charge in [0.05, 0.1) is 16.7 Å². The first-order valence-corrected chi connectivity index (χ1v) is 7.68. The van der Waals surface area contributed by atoms with Gasteiger partial charge < -0.3 is 15.7 Å². The van der Waals surface area contributed by atoms with Gasteiger partial charge in [0.15, 0.2) is 0 Å². The van der Waals surface area contributed by atoms with Crippen molar-refractivity contribution in [3.8, 4) is 0 Å². The average Bonchev–Trinajstić information content (AvgIpc) is 2.79. The molecule has 22 heavy (non-hydrogen) atoms. The number of carbonyl (C=O) groups excluding carboxylic acids is 1. The lowest BCUT2D eigenvalue weighted by atomic mass is 10.2. The number of carbonyl (C=O) groups is 1. The van der Waals surface area contributed by atoms with Crippen molar-refractivity contribution < 1.29 is 31.5 Å². The first-order valence-electron chi connectivity index (χ1n) is 6.20. The van der Waals surface area contributed by atoms with Gasteiger partial charge in [0.25, 0.3) is 9.84 Å². The highest BCUT2D eigenvalue weighted by molar-refractivity contribution is 7.92. The van der Waals surface area contributed by atoms with E-state index in [9.17, 15) is 31.5 Å². The Kier molecular flexibility index (Phi) is 4.09. The van der Waals surface area contributed by atoms with E-state index >= 15 is 0 Å². The molecule has 2 atom stereocenters. The molecule has 0 spiro atoms. The lowest BCUT2D eigenvalue weighted by Gasteiger charge is -2.26. The summed E-state index contributed by atoms with van der Waals surface area (Å²) < 4.78 is 61.6. The standard InChI is InChI=1S/C12H13F3N2O4S/c13-12(14,15)22(20,21)10-4-2-1-3-8(10)17-6-7(18)5-9(17)11(16)19/h1-4,7,9,18H,5-6H2,(H2,16,19). The van der Waals surface area contributed by atoms with Gasteiger partial charge in [-0.2, -0.15) is 13.2 Å². The fraction of sp³-hybridized carbons (Fsp3) is 0.417. The molecule has 122 valence electrons. The van der Waals surface area contributed by atoms with Gasteiger partial charge in [-0.15, -0.1) is 0 Å². The van der Waals surface area contributed by atoms with Crippen LogP contribution in [-0.2, 0) is 14.6 Å². The number of sulfone groups is 1. The fourth-order valence-corrected chi connectivity index (χ4v) is 3.36. The quantitative estimate of drug-likeness (QED) is 0.831. The third-order valence-electron chi connectivity index (χ3n) is 3.38. The van der Waals surface area contributed by atoms with Crippen LogP contribution in [0, 0.1) is 0 Å². The number of hydrogen-bond acceptors (Lipinski definition) is 5. The Balaban J connectivity index is 2.57. The van der Waals surface area contributed by atoms with Crippen molar-refractivity contribution in [3.63, 3.8) is 0 Å². The highest BCUT2D eigenvalue weighted by Crippen LogP contribution is 2.38. The third-order valence-corrected chi connectivity index (χ3v) is 4.91. The number of amides is 1. The van der Waals surface area contributed by atoms with Gasteiger partial charge in [-0.3, -0.25) is 4.79 Å². The molecule has 1 saturated heterocycles. The average molecular weight is 338 g/mol. The van der Waals surface area contributed by atoms with Gasteiger partial charge in [-0.05, 0) is 12.1 Å². The Morgan fingerprint density at radius 1 is 1.32 bits per heavy atom. The predicted molar refractivity (Wildman–Crippen MR) is 70.6 cm³/mol. The molecule has 3 N–H and O–H groups in total. The molecule has 1 aliphatic heterocycles. The summed E-state index contributed by atoms with van der Waals surface area (Å²) in [6, 6.07) is 3.37. The van der Waals surface area contributed by atoms with Crippen LogP contribution in [0.5, 0.6) is 0 Å². The molecule has 1 aromatic rings. The van der Waals surface area contributed by atoms with E-state index in [1.165, 1.54) is 6.07 Å². The van der Waals surface area contributed by atoms with E-state index in [1.54, 1.807) is 0 Å². The molecule has 0 aromatic heterocycles. The van der Waals surface area contributed by atoms with Crippen LogP contribution < -0.4 is 10.6 Å². The number of benzene rings is 1. The van der Waals surface area contributed by atoms with E-state index in [0.717, 1.165) is 23.1 Å². The number of nitrogens with two attached hydrogens (primary N) is 1. The maximum absolute atomic E-state index is 12.8. The van der Waals surface area contributed by atoms with Crippen LogP contribution in [0.3, 0.4) is 0 Å². The van der Waals surface area contributed by atoms with Crippen molar-refractivity contribution >= 4 is 21.4 Å². The summed E-state index contributed by atoms with van der Waals surface area (Å²) in [7, 11) is -5.59. The second kappa shape index (κ2) is 5.43. The van der Waals surface area contributed by atoms with Gasteiger partial charge in [0, 0.05) is 13.0 Å². The highest BCUT2D eigenvalue weighted by atomic mass is 32.2. The molecule has 0 radical (unpaired) electrons. The van der Waals surface area contributed by atoms with Crippen LogP contribution in [0.2, 0.25) is 0 Å². The van der Waals surface area contributed by atoms with Crippen molar-refractivity contribution in [2.45, 2.75) is 29.0 Å². The number of para-hydroxylation sites is 1. The van der Waals surface area contributed by atoms with Gasteiger partial charge >= 0.3 is 5.51 Å². The second-order valence-electron chi connectivity index (χ2n) is 4.88. The number of nitrogens with zero attached hydrogens (tertiary/aromatic N) is 1. The second-order valence-corrected chi connectivity index (χ2v) is 6.79. The molecule has 10 heteroatoms. The molecule has 1 fully saturated rings. The molecule has 1 aromatic carbocycles. The molecule has 0 saturated carbocycles. The number of aliphatic hydroxyl groups excluding tert-OH is 1. The molecule has 2 unspecified atom stereocenters. The Bertz CT molecular complexity index is 690. The zero-order chi connectivity index (χ0) is 16.7. The van der Waals surface area contributed by atoms with E-state index in [1.807, 2.05) is 0 Å². The molecule has 1 aliphatic rings. The largest absolute Gasteiger partial charge is 0.501 e. The van der Waals surface area contributed by atoms with Crippen LogP contribution in [0.15, 0.2) is 29.2 Å². The number of β-amino-alcohol motifs (C(OH)–C–C–N with tert-alkyl or cyclic N) is 1. The van der Waals surface area contributed by atoms with E-state index in [-0.39, 0.29) is 18.7 Å². The lowest BCUT2D eigenvalue weighted by molar-refractivity contribution is -0.119. The third kappa shape index (κ3) is 2.75. The van der Waals surface area contributed by atoms with Crippen LogP contribution in [0.4, 0.5) is 18.9 Å². The summed E-state index contributed by atoms with van der Waals surface area (Å²) in [4.78, 5) is 11.5. The zero-order valence-corrected chi connectivity index (χ0v) is 11.9. The minimum atomic E-state index is -5.59. The Morgan fingerprint density at radius 2 is 1.91 bits per heavy atom. The van der Waals surface area contributed by atoms with Crippen LogP contribution in [0.1, 0.15) is 6.42 Å². The Labute approximate surface area is 124 Å². The number of primary amides is 1. The molecule has 0 aliphatic carbocycles. The minimum absolute atomic E-state index is 0.0737. The summed E-state index contributed by atoms with van der Waals surface area (Å²) >= 11 is 0. The fourth-order valence-electron chi connectivity index (χ4n) is 2.40. The van der Waals surface area contributed by atoms with Crippen LogP contribution in [0.25, 0.3) is 0 Å². The number of alkyl halides is 3. The molecule has 2 rings (SSSR count). The van der Waals surface area contributed by atoms with Crippen LogP contribution in [-0.4, -0.2) is 43.6 Å². The SMILES string of the molecule is NC(=O)C1CC(O)CN1c1ccccc1S(=O)(=O)C(F)(F)F. The predicted octanol–water partition coefficient (Wildman–Crippen LogP) is 0.405. The van der Waals surface area contributed by atoms with Crippen molar-refractivity contribution in [2.24, 2.45) is 5.73 Å². The molecule has 6 nitrogen and oxygen atoms in total.